The Labute approximate surface area is 242 Å². The van der Waals surface area contributed by atoms with Crippen LogP contribution in [0.25, 0.3) is 16.6 Å². The molecular weight excluding hydrogens is 540 g/mol. The second-order valence-corrected chi connectivity index (χ2v) is 11.8. The van der Waals surface area contributed by atoms with E-state index in [2.05, 4.69) is 31.4 Å². The molecule has 2 aromatic heterocycles. The molecule has 0 radical (unpaired) electrons. The number of piperazine rings is 1. The van der Waals surface area contributed by atoms with Gasteiger partial charge in [0.05, 0.1) is 31.1 Å². The molecule has 1 saturated heterocycles. The van der Waals surface area contributed by atoms with Crippen molar-refractivity contribution in [2.24, 2.45) is 10.6 Å². The van der Waals surface area contributed by atoms with Crippen LogP contribution in [-0.4, -0.2) is 59.0 Å². The average Bonchev–Trinajstić information content (AvgIpc) is 3.76. The Morgan fingerprint density at radius 3 is 2.56 bits per heavy atom. The molecule has 212 valence electrons. The Morgan fingerprint density at radius 2 is 1.85 bits per heavy atom. The molecule has 0 atom stereocenters. The third kappa shape index (κ3) is 5.64. The van der Waals surface area contributed by atoms with Crippen LogP contribution in [0, 0.1) is 10.3 Å². The quantitative estimate of drug-likeness (QED) is 0.184. The summed E-state index contributed by atoms with van der Waals surface area (Å²) in [6.07, 6.45) is 5.70. The van der Waals surface area contributed by atoms with Gasteiger partial charge in [0.1, 0.15) is 11.4 Å². The van der Waals surface area contributed by atoms with Crippen molar-refractivity contribution in [3.05, 3.63) is 81.7 Å². The Balaban J connectivity index is 1.18. The van der Waals surface area contributed by atoms with E-state index in [4.69, 9.17) is 9.47 Å². The van der Waals surface area contributed by atoms with Crippen molar-refractivity contribution in [3.8, 4) is 17.2 Å². The van der Waals surface area contributed by atoms with Gasteiger partial charge in [-0.25, -0.2) is 4.31 Å². The maximum absolute atomic E-state index is 13.6. The van der Waals surface area contributed by atoms with Gasteiger partial charge >= 0.3 is 5.56 Å². The molecule has 41 heavy (non-hydrogen) atoms. The first-order valence-electron chi connectivity index (χ1n) is 13.7. The summed E-state index contributed by atoms with van der Waals surface area (Å²) in [7, 11) is 1.54. The first-order chi connectivity index (χ1) is 20.0. The fourth-order valence-corrected chi connectivity index (χ4v) is 5.97. The summed E-state index contributed by atoms with van der Waals surface area (Å²) in [4.78, 5) is 31.8. The molecule has 6 rings (SSSR count). The number of fused-ring (bicyclic) bond motifs is 1. The number of nitrogens with zero attached hydrogens (tertiary/aromatic N) is 6. The summed E-state index contributed by atoms with van der Waals surface area (Å²) in [5.74, 6) is 1.49. The summed E-state index contributed by atoms with van der Waals surface area (Å²) in [5, 5.41) is 8.39. The van der Waals surface area contributed by atoms with Crippen LogP contribution in [0.15, 0.2) is 70.9 Å². The third-order valence-electron chi connectivity index (χ3n) is 7.78. The van der Waals surface area contributed by atoms with Crippen LogP contribution in [0.5, 0.6) is 11.5 Å². The van der Waals surface area contributed by atoms with Crippen LogP contribution < -0.4 is 19.9 Å². The number of methoxy groups -OCH3 is 1. The van der Waals surface area contributed by atoms with Gasteiger partial charge in [0.2, 0.25) is 5.75 Å². The van der Waals surface area contributed by atoms with Crippen molar-refractivity contribution in [1.29, 1.82) is 0 Å². The van der Waals surface area contributed by atoms with Crippen LogP contribution in [-0.2, 0) is 5.75 Å². The summed E-state index contributed by atoms with van der Waals surface area (Å²) < 4.78 is 15.4. The molecule has 0 bridgehead atoms. The minimum atomic E-state index is -0.239. The smallest absolute Gasteiger partial charge is 0.316 e. The number of nitroso groups, excluding NO2 is 1. The topological polar surface area (TPSA) is 102 Å². The van der Waals surface area contributed by atoms with E-state index in [1.54, 1.807) is 37.5 Å². The molecule has 10 nitrogen and oxygen atoms in total. The van der Waals surface area contributed by atoms with Gasteiger partial charge in [0.15, 0.2) is 5.69 Å². The number of aromatic nitrogens is 3. The highest BCUT2D eigenvalue weighted by Crippen LogP contribution is 2.45. The molecule has 11 heteroatoms. The second-order valence-electron chi connectivity index (χ2n) is 10.8. The molecule has 1 aliphatic carbocycles. The number of para-hydroxylation sites is 1. The van der Waals surface area contributed by atoms with Crippen molar-refractivity contribution in [2.45, 2.75) is 25.5 Å². The van der Waals surface area contributed by atoms with Crippen LogP contribution in [0.4, 0.5) is 11.4 Å². The fraction of sp³-hybridized carbons (Fsp3) is 0.367. The third-order valence-corrected chi connectivity index (χ3v) is 8.95. The van der Waals surface area contributed by atoms with E-state index in [0.29, 0.717) is 34.9 Å². The lowest BCUT2D eigenvalue weighted by atomic mass is 10.1. The molecule has 3 heterocycles. The molecule has 1 saturated carbocycles. The molecule has 2 fully saturated rings. The number of hydrogen-bond donors (Lipinski definition) is 0. The van der Waals surface area contributed by atoms with Gasteiger partial charge in [-0.05, 0) is 53.9 Å². The summed E-state index contributed by atoms with van der Waals surface area (Å²) in [5.41, 5.74) is 3.37. The highest BCUT2D eigenvalue weighted by atomic mass is 32.2. The molecule has 2 aromatic carbocycles. The van der Waals surface area contributed by atoms with Crippen molar-refractivity contribution >= 4 is 34.2 Å². The SMILES string of the molecule is COc1cc(CSN2CCN(c3cnn(-c4ccccc4)c(=O)c3OCC3(C)CC3)CC2)c2ncccc2c1N=O. The Hall–Kier alpha value is -3.96. The van der Waals surface area contributed by atoms with Crippen LogP contribution in [0.1, 0.15) is 25.3 Å². The Bertz CT molecular complexity index is 1620. The monoisotopic (exact) mass is 572 g/mol. The van der Waals surface area contributed by atoms with Gasteiger partial charge in [-0.15, -0.1) is 4.91 Å². The molecule has 4 aromatic rings. The van der Waals surface area contributed by atoms with Gasteiger partial charge in [-0.2, -0.15) is 9.78 Å². The zero-order valence-electron chi connectivity index (χ0n) is 23.2. The van der Waals surface area contributed by atoms with Crippen molar-refractivity contribution in [3.63, 3.8) is 0 Å². The van der Waals surface area contributed by atoms with Crippen molar-refractivity contribution in [2.75, 3.05) is 44.8 Å². The van der Waals surface area contributed by atoms with Gasteiger partial charge < -0.3 is 14.4 Å². The van der Waals surface area contributed by atoms with Crippen LogP contribution >= 0.6 is 11.9 Å². The summed E-state index contributed by atoms with van der Waals surface area (Å²) in [6, 6.07) is 14.9. The van der Waals surface area contributed by atoms with Crippen molar-refractivity contribution in [1.82, 2.24) is 19.1 Å². The van der Waals surface area contributed by atoms with Crippen LogP contribution in [0.3, 0.4) is 0 Å². The average molecular weight is 573 g/mol. The van der Waals surface area contributed by atoms with Crippen LogP contribution in [0.2, 0.25) is 0 Å². The predicted octanol–water partition coefficient (Wildman–Crippen LogP) is 5.34. The predicted molar refractivity (Wildman–Crippen MR) is 162 cm³/mol. The molecule has 0 amide bonds. The molecular formula is C30H32N6O4S. The molecule has 0 unspecified atom stereocenters. The molecule has 1 aliphatic heterocycles. The number of benzene rings is 2. The number of hydrogen-bond acceptors (Lipinski definition) is 10. The lowest BCUT2D eigenvalue weighted by Gasteiger charge is -2.35. The van der Waals surface area contributed by atoms with Gasteiger partial charge in [0, 0.05) is 48.9 Å². The standard InChI is InChI=1S/C30H32N6O4S/c1-30(10-11-30)20-40-28-24(18-32-36(29(28)37)22-7-4-3-5-8-22)34-13-15-35(16-14-34)41-19-21-17-25(39-2)27(33-38)23-9-6-12-31-26(21)23/h3-9,12,17-18H,10-11,13-16,19-20H2,1-2H3. The van der Waals surface area contributed by atoms with E-state index in [-0.39, 0.29) is 16.7 Å². The molecule has 2 aliphatic rings. The van der Waals surface area contributed by atoms with Crippen molar-refractivity contribution < 1.29 is 9.47 Å². The maximum Gasteiger partial charge on any atom is 0.316 e. The first-order valence-corrected chi connectivity index (χ1v) is 14.7. The highest BCUT2D eigenvalue weighted by molar-refractivity contribution is 7.96. The minimum absolute atomic E-state index is 0.140. The number of anilines is 1. The first kappa shape index (κ1) is 27.2. The highest BCUT2D eigenvalue weighted by Gasteiger charge is 2.39. The largest absolute Gasteiger partial charge is 0.494 e. The minimum Gasteiger partial charge on any atom is -0.494 e. The normalized spacial score (nSPS) is 16.5. The number of ether oxygens (including phenoxy) is 2. The zero-order chi connectivity index (χ0) is 28.4. The second kappa shape index (κ2) is 11.5. The maximum atomic E-state index is 13.6. The zero-order valence-corrected chi connectivity index (χ0v) is 24.0. The van der Waals surface area contributed by atoms with E-state index in [1.165, 1.54) is 4.68 Å². The van der Waals surface area contributed by atoms with E-state index in [1.807, 2.05) is 42.5 Å². The van der Waals surface area contributed by atoms with Gasteiger partial charge in [-0.1, -0.05) is 37.1 Å². The van der Waals surface area contributed by atoms with Gasteiger partial charge in [0.25, 0.3) is 0 Å². The summed E-state index contributed by atoms with van der Waals surface area (Å²) >= 11 is 1.71. The van der Waals surface area contributed by atoms with E-state index in [9.17, 15) is 9.70 Å². The van der Waals surface area contributed by atoms with Gasteiger partial charge in [-0.3, -0.25) is 9.78 Å². The molecule has 0 spiro atoms. The Morgan fingerprint density at radius 1 is 1.07 bits per heavy atom. The molecule has 0 N–H and O–H groups in total. The lowest BCUT2D eigenvalue weighted by Crippen LogP contribution is -2.44. The number of rotatable bonds is 10. The number of pyridine rings is 1. The Kier molecular flexibility index (Phi) is 7.63. The summed E-state index contributed by atoms with van der Waals surface area (Å²) in [6.45, 7) is 5.76. The van der Waals surface area contributed by atoms with E-state index in [0.717, 1.165) is 55.8 Å². The van der Waals surface area contributed by atoms with E-state index >= 15 is 0 Å². The fourth-order valence-electron chi connectivity index (χ4n) is 5.01. The van der Waals surface area contributed by atoms with E-state index < -0.39 is 0 Å². The lowest BCUT2D eigenvalue weighted by molar-refractivity contribution is 0.243.